The molecule has 10 heteroatoms. The molecule has 1 amide bonds. The maximum absolute atomic E-state index is 13.0. The lowest BCUT2D eigenvalue weighted by Crippen LogP contribution is -2.48. The number of nitrogens with one attached hydrogen (secondary N) is 2. The average Bonchev–Trinajstić information content (AvgIpc) is 3.40. The second-order valence-corrected chi connectivity index (χ2v) is 11.9. The summed E-state index contributed by atoms with van der Waals surface area (Å²) in [6.45, 7) is 0.947. The van der Waals surface area contributed by atoms with Crippen molar-refractivity contribution < 1.29 is 21.6 Å². The van der Waals surface area contributed by atoms with Crippen molar-refractivity contribution in [2.45, 2.75) is 54.0 Å². The number of carbonyl (C=O) groups excluding carboxylic acids is 1. The van der Waals surface area contributed by atoms with Crippen LogP contribution >= 0.6 is 0 Å². The van der Waals surface area contributed by atoms with E-state index in [4.69, 9.17) is 0 Å². The highest BCUT2D eigenvalue weighted by atomic mass is 32.2. The molecule has 0 spiro atoms. The lowest BCUT2D eigenvalue weighted by molar-refractivity contribution is -0.122. The van der Waals surface area contributed by atoms with Gasteiger partial charge in [-0.25, -0.2) is 16.8 Å². The Morgan fingerprint density at radius 2 is 1.50 bits per heavy atom. The summed E-state index contributed by atoms with van der Waals surface area (Å²) in [5, 5.41) is 2.86. The van der Waals surface area contributed by atoms with Gasteiger partial charge in [0, 0.05) is 19.1 Å². The van der Waals surface area contributed by atoms with Crippen molar-refractivity contribution in [1.82, 2.24) is 14.3 Å². The van der Waals surface area contributed by atoms with Gasteiger partial charge in [0.1, 0.15) is 6.04 Å². The van der Waals surface area contributed by atoms with Crippen LogP contribution < -0.4 is 10.0 Å². The molecule has 8 nitrogen and oxygen atoms in total. The van der Waals surface area contributed by atoms with Gasteiger partial charge in [-0.1, -0.05) is 30.3 Å². The molecule has 1 saturated heterocycles. The number of benzene rings is 2. The maximum atomic E-state index is 13.0. The fraction of sp³-hybridized carbons (Fsp3) is 0.409. The quantitative estimate of drug-likeness (QED) is 0.570. The van der Waals surface area contributed by atoms with Gasteiger partial charge in [0.05, 0.1) is 9.79 Å². The van der Waals surface area contributed by atoms with Crippen LogP contribution in [0.2, 0.25) is 0 Å². The number of rotatable bonds is 9. The standard InChI is InChI=1S/C22H27N3O5S2/c26-22(23-18-8-9-18)21(16-17-6-2-1-3-7-17)24-31(27,28)19-10-12-20(13-11-19)32(29,30)25-14-4-5-15-25/h1-3,6-7,10-13,18,21,24H,4-5,8-9,14-16H2,(H,23,26). The monoisotopic (exact) mass is 477 g/mol. The Morgan fingerprint density at radius 3 is 2.09 bits per heavy atom. The number of hydrogen-bond acceptors (Lipinski definition) is 5. The van der Waals surface area contributed by atoms with Gasteiger partial charge >= 0.3 is 0 Å². The SMILES string of the molecule is O=C(NC1CC1)C(Cc1ccccc1)NS(=O)(=O)c1ccc(S(=O)(=O)N2CCCC2)cc1. The van der Waals surface area contributed by atoms with E-state index in [0.29, 0.717) is 13.1 Å². The molecule has 32 heavy (non-hydrogen) atoms. The Labute approximate surface area is 189 Å². The van der Waals surface area contributed by atoms with Gasteiger partial charge in [-0.15, -0.1) is 0 Å². The fourth-order valence-electron chi connectivity index (χ4n) is 3.69. The third-order valence-corrected chi connectivity index (χ3v) is 9.06. The third kappa shape index (κ3) is 5.37. The Hall–Kier alpha value is -2.27. The van der Waals surface area contributed by atoms with Gasteiger partial charge in [-0.05, 0) is 61.9 Å². The fourth-order valence-corrected chi connectivity index (χ4v) is 6.40. The molecule has 1 saturated carbocycles. The summed E-state index contributed by atoms with van der Waals surface area (Å²) < 4.78 is 55.3. The van der Waals surface area contributed by atoms with E-state index >= 15 is 0 Å². The molecule has 0 bridgehead atoms. The first-order valence-corrected chi connectivity index (χ1v) is 13.6. The number of amides is 1. The zero-order chi connectivity index (χ0) is 22.8. The molecule has 1 aliphatic carbocycles. The molecule has 2 aliphatic rings. The summed E-state index contributed by atoms with van der Waals surface area (Å²) in [5.74, 6) is -0.367. The number of nitrogens with zero attached hydrogens (tertiary/aromatic N) is 1. The van der Waals surface area contributed by atoms with Gasteiger partial charge in [0.2, 0.25) is 26.0 Å². The zero-order valence-corrected chi connectivity index (χ0v) is 19.2. The molecular weight excluding hydrogens is 450 g/mol. The minimum Gasteiger partial charge on any atom is -0.352 e. The summed E-state index contributed by atoms with van der Waals surface area (Å²) in [7, 11) is -7.67. The van der Waals surface area contributed by atoms with E-state index in [1.54, 1.807) is 0 Å². The summed E-state index contributed by atoms with van der Waals surface area (Å²) >= 11 is 0. The normalized spacial score (nSPS) is 18.4. The van der Waals surface area contributed by atoms with Crippen LogP contribution in [-0.2, 0) is 31.3 Å². The Morgan fingerprint density at radius 1 is 0.906 bits per heavy atom. The molecular formula is C22H27N3O5S2. The summed E-state index contributed by atoms with van der Waals surface area (Å²) in [5.41, 5.74) is 0.832. The van der Waals surface area contributed by atoms with E-state index < -0.39 is 26.1 Å². The van der Waals surface area contributed by atoms with Crippen LogP contribution in [0, 0.1) is 0 Å². The zero-order valence-electron chi connectivity index (χ0n) is 17.6. The van der Waals surface area contributed by atoms with E-state index in [1.807, 2.05) is 30.3 Å². The predicted octanol–water partition coefficient (Wildman–Crippen LogP) is 1.64. The lowest BCUT2D eigenvalue weighted by Gasteiger charge is -2.19. The van der Waals surface area contributed by atoms with Crippen LogP contribution in [0.3, 0.4) is 0 Å². The van der Waals surface area contributed by atoms with Crippen LogP contribution in [0.25, 0.3) is 0 Å². The minimum absolute atomic E-state index is 0.0608. The Balaban J connectivity index is 1.52. The van der Waals surface area contributed by atoms with Gasteiger partial charge in [0.15, 0.2) is 0 Å². The van der Waals surface area contributed by atoms with E-state index in [9.17, 15) is 21.6 Å². The van der Waals surface area contributed by atoms with E-state index in [2.05, 4.69) is 10.0 Å². The predicted molar refractivity (Wildman–Crippen MR) is 120 cm³/mol. The molecule has 4 rings (SSSR count). The molecule has 0 radical (unpaired) electrons. The average molecular weight is 478 g/mol. The van der Waals surface area contributed by atoms with Gasteiger partial charge < -0.3 is 5.32 Å². The molecule has 1 heterocycles. The van der Waals surface area contributed by atoms with Crippen LogP contribution in [0.5, 0.6) is 0 Å². The molecule has 1 aliphatic heterocycles. The summed E-state index contributed by atoms with van der Waals surface area (Å²) in [6.07, 6.45) is 3.63. The van der Waals surface area contributed by atoms with Crippen LogP contribution in [-0.4, -0.2) is 52.2 Å². The molecule has 2 aromatic carbocycles. The number of sulfonamides is 2. The highest BCUT2D eigenvalue weighted by Crippen LogP contribution is 2.23. The lowest BCUT2D eigenvalue weighted by atomic mass is 10.1. The van der Waals surface area contributed by atoms with Crippen molar-refractivity contribution in [1.29, 1.82) is 0 Å². The van der Waals surface area contributed by atoms with Crippen LogP contribution in [0.4, 0.5) is 0 Å². The van der Waals surface area contributed by atoms with Gasteiger partial charge in [0.25, 0.3) is 0 Å². The van der Waals surface area contributed by atoms with Crippen molar-refractivity contribution in [2.24, 2.45) is 0 Å². The topological polar surface area (TPSA) is 113 Å². The number of carbonyl (C=O) groups is 1. The second kappa shape index (κ2) is 9.30. The van der Waals surface area contributed by atoms with Gasteiger partial charge in [-0.2, -0.15) is 9.03 Å². The molecule has 0 aromatic heterocycles. The van der Waals surface area contributed by atoms with Crippen LogP contribution in [0.1, 0.15) is 31.2 Å². The summed E-state index contributed by atoms with van der Waals surface area (Å²) in [4.78, 5) is 12.7. The van der Waals surface area contributed by atoms with Crippen molar-refractivity contribution in [3.63, 3.8) is 0 Å². The molecule has 2 fully saturated rings. The van der Waals surface area contributed by atoms with Crippen LogP contribution in [0.15, 0.2) is 64.4 Å². The minimum atomic E-state index is -4.04. The highest BCUT2D eigenvalue weighted by molar-refractivity contribution is 7.89. The molecule has 172 valence electrons. The third-order valence-electron chi connectivity index (χ3n) is 5.66. The first-order chi connectivity index (χ1) is 15.3. The smallest absolute Gasteiger partial charge is 0.243 e. The van der Waals surface area contributed by atoms with E-state index in [-0.39, 0.29) is 28.2 Å². The first kappa shape index (κ1) is 22.9. The van der Waals surface area contributed by atoms with Crippen molar-refractivity contribution in [3.05, 3.63) is 60.2 Å². The molecule has 2 N–H and O–H groups in total. The van der Waals surface area contributed by atoms with Crippen molar-refractivity contribution in [2.75, 3.05) is 13.1 Å². The van der Waals surface area contributed by atoms with E-state index in [1.165, 1.54) is 28.6 Å². The van der Waals surface area contributed by atoms with Crippen molar-refractivity contribution >= 4 is 26.0 Å². The molecule has 1 atom stereocenters. The summed E-state index contributed by atoms with van der Waals surface area (Å²) in [6, 6.07) is 13.5. The van der Waals surface area contributed by atoms with Crippen molar-refractivity contribution in [3.8, 4) is 0 Å². The number of hydrogen-bond donors (Lipinski definition) is 2. The molecule has 1 unspecified atom stereocenters. The highest BCUT2D eigenvalue weighted by Gasteiger charge is 2.31. The largest absolute Gasteiger partial charge is 0.352 e. The first-order valence-electron chi connectivity index (χ1n) is 10.7. The second-order valence-electron chi connectivity index (χ2n) is 8.23. The van der Waals surface area contributed by atoms with E-state index in [0.717, 1.165) is 31.2 Å². The maximum Gasteiger partial charge on any atom is 0.243 e. The molecule has 2 aromatic rings. The van der Waals surface area contributed by atoms with Gasteiger partial charge in [-0.3, -0.25) is 4.79 Å². The Kier molecular flexibility index (Phi) is 6.66. The Bertz CT molecular complexity index is 1160.